The van der Waals surface area contributed by atoms with Crippen LogP contribution >= 0.6 is 11.8 Å². The fourth-order valence-corrected chi connectivity index (χ4v) is 2.30. The third-order valence-electron chi connectivity index (χ3n) is 2.44. The summed E-state index contributed by atoms with van der Waals surface area (Å²) >= 11 is 1.51. The summed E-state index contributed by atoms with van der Waals surface area (Å²) in [6.07, 6.45) is 5.88. The van der Waals surface area contributed by atoms with Crippen molar-refractivity contribution in [3.63, 3.8) is 0 Å². The number of rotatable bonds is 4. The van der Waals surface area contributed by atoms with Crippen molar-refractivity contribution in [2.75, 3.05) is 12.4 Å². The Morgan fingerprint density at radius 2 is 2.11 bits per heavy atom. The second-order valence-electron chi connectivity index (χ2n) is 3.67. The van der Waals surface area contributed by atoms with Crippen LogP contribution < -0.4 is 5.32 Å². The van der Waals surface area contributed by atoms with Gasteiger partial charge in [-0.25, -0.2) is 15.0 Å². The highest BCUT2D eigenvalue weighted by atomic mass is 32.2. The monoisotopic (exact) mass is 261 g/mol. The van der Waals surface area contributed by atoms with Crippen molar-refractivity contribution in [1.82, 2.24) is 19.9 Å². The van der Waals surface area contributed by atoms with Crippen LogP contribution in [-0.4, -0.2) is 27.0 Å². The summed E-state index contributed by atoms with van der Waals surface area (Å²) < 4.78 is 0. The van der Waals surface area contributed by atoms with Crippen molar-refractivity contribution in [3.8, 4) is 0 Å². The van der Waals surface area contributed by atoms with Gasteiger partial charge in [-0.15, -0.1) is 0 Å². The zero-order valence-corrected chi connectivity index (χ0v) is 11.5. The number of anilines is 1. The fourth-order valence-electron chi connectivity index (χ4n) is 1.48. The molecule has 2 rings (SSSR count). The minimum atomic E-state index is 0.809. The van der Waals surface area contributed by atoms with Gasteiger partial charge in [-0.3, -0.25) is 4.98 Å². The lowest BCUT2D eigenvalue weighted by Crippen LogP contribution is -2.04. The van der Waals surface area contributed by atoms with E-state index in [2.05, 4.69) is 25.3 Å². The molecule has 0 unspecified atom stereocenters. The van der Waals surface area contributed by atoms with Gasteiger partial charge in [0.05, 0.1) is 6.20 Å². The predicted molar refractivity (Wildman–Crippen MR) is 71.8 cm³/mol. The predicted octanol–water partition coefficient (Wildman–Crippen LogP) is 2.33. The maximum absolute atomic E-state index is 4.54. The molecule has 0 aliphatic rings. The molecule has 0 aromatic carbocycles. The Kier molecular flexibility index (Phi) is 4.09. The largest absolute Gasteiger partial charge is 0.373 e. The normalized spacial score (nSPS) is 10.4. The molecule has 0 bridgehead atoms. The zero-order chi connectivity index (χ0) is 13.0. The molecule has 2 aromatic rings. The second kappa shape index (κ2) is 5.77. The van der Waals surface area contributed by atoms with E-state index in [0.717, 1.165) is 33.7 Å². The van der Waals surface area contributed by atoms with Gasteiger partial charge < -0.3 is 5.32 Å². The van der Waals surface area contributed by atoms with Gasteiger partial charge in [0.2, 0.25) is 0 Å². The quantitative estimate of drug-likeness (QED) is 0.852. The molecule has 2 aromatic heterocycles. The summed E-state index contributed by atoms with van der Waals surface area (Å²) in [6, 6.07) is 0. The van der Waals surface area contributed by atoms with Gasteiger partial charge in [-0.1, -0.05) is 6.92 Å². The first kappa shape index (κ1) is 12.8. The molecule has 0 aliphatic heterocycles. The SMILES string of the molecule is CCc1nc(NC)c(C)c(Sc2cnccn2)n1. The molecule has 0 atom stereocenters. The first-order valence-corrected chi connectivity index (χ1v) is 6.55. The van der Waals surface area contributed by atoms with Gasteiger partial charge in [0.15, 0.2) is 0 Å². The molecule has 0 saturated heterocycles. The third kappa shape index (κ3) is 2.76. The molecule has 0 amide bonds. The number of hydrogen-bond acceptors (Lipinski definition) is 6. The average molecular weight is 261 g/mol. The van der Waals surface area contributed by atoms with Crippen LogP contribution in [0.25, 0.3) is 0 Å². The smallest absolute Gasteiger partial charge is 0.133 e. The van der Waals surface area contributed by atoms with Crippen LogP contribution in [0, 0.1) is 6.92 Å². The second-order valence-corrected chi connectivity index (χ2v) is 4.68. The number of aromatic nitrogens is 4. The molecule has 94 valence electrons. The maximum atomic E-state index is 4.54. The number of hydrogen-bond donors (Lipinski definition) is 1. The van der Waals surface area contributed by atoms with Gasteiger partial charge in [0.25, 0.3) is 0 Å². The molecule has 0 saturated carbocycles. The van der Waals surface area contributed by atoms with E-state index in [1.165, 1.54) is 11.8 Å². The number of nitrogens with zero attached hydrogens (tertiary/aromatic N) is 4. The van der Waals surface area contributed by atoms with Crippen molar-refractivity contribution in [2.24, 2.45) is 0 Å². The molecule has 2 heterocycles. The molecule has 1 N–H and O–H groups in total. The van der Waals surface area contributed by atoms with Gasteiger partial charge >= 0.3 is 0 Å². The van der Waals surface area contributed by atoms with Crippen molar-refractivity contribution in [3.05, 3.63) is 30.0 Å². The topological polar surface area (TPSA) is 63.6 Å². The molecule has 6 heteroatoms. The van der Waals surface area contributed by atoms with Crippen LogP contribution in [0.1, 0.15) is 18.3 Å². The van der Waals surface area contributed by atoms with E-state index in [4.69, 9.17) is 0 Å². The first-order valence-electron chi connectivity index (χ1n) is 5.73. The summed E-state index contributed by atoms with van der Waals surface area (Å²) in [4.78, 5) is 17.3. The van der Waals surface area contributed by atoms with E-state index in [-0.39, 0.29) is 0 Å². The summed E-state index contributed by atoms with van der Waals surface area (Å²) in [5, 5.41) is 4.86. The molecule has 0 spiro atoms. The van der Waals surface area contributed by atoms with Gasteiger partial charge in [0, 0.05) is 31.4 Å². The summed E-state index contributed by atoms with van der Waals surface area (Å²) in [6.45, 7) is 4.05. The average Bonchev–Trinajstić information content (AvgIpc) is 2.42. The molecular formula is C12H15N5S. The summed E-state index contributed by atoms with van der Waals surface area (Å²) in [5.74, 6) is 1.70. The van der Waals surface area contributed by atoms with Crippen LogP contribution in [0.4, 0.5) is 5.82 Å². The maximum Gasteiger partial charge on any atom is 0.133 e. The number of aryl methyl sites for hydroxylation is 1. The molecule has 18 heavy (non-hydrogen) atoms. The van der Waals surface area contributed by atoms with E-state index in [0.29, 0.717) is 0 Å². The molecule has 0 fully saturated rings. The Labute approximate surface area is 110 Å². The minimum Gasteiger partial charge on any atom is -0.373 e. The van der Waals surface area contributed by atoms with Crippen molar-refractivity contribution in [2.45, 2.75) is 30.3 Å². The fraction of sp³-hybridized carbons (Fsp3) is 0.333. The Morgan fingerprint density at radius 3 is 2.72 bits per heavy atom. The Bertz CT molecular complexity index is 529. The Hall–Kier alpha value is -1.69. The summed E-state index contributed by atoms with van der Waals surface area (Å²) in [7, 11) is 1.87. The van der Waals surface area contributed by atoms with Crippen LogP contribution in [0.2, 0.25) is 0 Å². The van der Waals surface area contributed by atoms with Crippen molar-refractivity contribution >= 4 is 17.6 Å². The molecule has 0 radical (unpaired) electrons. The lowest BCUT2D eigenvalue weighted by Gasteiger charge is -2.10. The zero-order valence-electron chi connectivity index (χ0n) is 10.6. The van der Waals surface area contributed by atoms with Gasteiger partial charge in [0.1, 0.15) is 21.7 Å². The van der Waals surface area contributed by atoms with Crippen molar-refractivity contribution in [1.29, 1.82) is 0 Å². The van der Waals surface area contributed by atoms with Crippen LogP contribution in [-0.2, 0) is 6.42 Å². The van der Waals surface area contributed by atoms with Crippen LogP contribution in [0.3, 0.4) is 0 Å². The molecule has 0 aliphatic carbocycles. The lowest BCUT2D eigenvalue weighted by molar-refractivity contribution is 0.872. The first-order chi connectivity index (χ1) is 8.74. The molecular weight excluding hydrogens is 246 g/mol. The van der Waals surface area contributed by atoms with E-state index in [9.17, 15) is 0 Å². The van der Waals surface area contributed by atoms with Gasteiger partial charge in [-0.2, -0.15) is 0 Å². The highest BCUT2D eigenvalue weighted by molar-refractivity contribution is 7.99. The van der Waals surface area contributed by atoms with Gasteiger partial charge in [-0.05, 0) is 18.7 Å². The van der Waals surface area contributed by atoms with Crippen LogP contribution in [0.5, 0.6) is 0 Å². The van der Waals surface area contributed by atoms with E-state index < -0.39 is 0 Å². The lowest BCUT2D eigenvalue weighted by atomic mass is 10.3. The molecule has 5 nitrogen and oxygen atoms in total. The third-order valence-corrected chi connectivity index (χ3v) is 3.45. The Morgan fingerprint density at radius 1 is 1.28 bits per heavy atom. The van der Waals surface area contributed by atoms with E-state index >= 15 is 0 Å². The summed E-state index contributed by atoms with van der Waals surface area (Å²) in [5.41, 5.74) is 1.03. The van der Waals surface area contributed by atoms with E-state index in [1.54, 1.807) is 18.6 Å². The van der Waals surface area contributed by atoms with Crippen molar-refractivity contribution < 1.29 is 0 Å². The standard InChI is InChI=1S/C12H15N5S/c1-4-9-16-11(13-3)8(2)12(17-9)18-10-7-14-5-6-15-10/h5-7H,4H2,1-3H3,(H,13,16,17). The van der Waals surface area contributed by atoms with Crippen LogP contribution in [0.15, 0.2) is 28.6 Å². The van der Waals surface area contributed by atoms with E-state index in [1.807, 2.05) is 20.9 Å². The Balaban J connectivity index is 2.37. The highest BCUT2D eigenvalue weighted by Gasteiger charge is 2.11. The minimum absolute atomic E-state index is 0.809. The number of nitrogens with one attached hydrogen (secondary N) is 1. The highest BCUT2D eigenvalue weighted by Crippen LogP contribution is 2.29.